The van der Waals surface area contributed by atoms with Crippen LogP contribution in [0.3, 0.4) is 0 Å². The number of esters is 1. The van der Waals surface area contributed by atoms with Crippen molar-refractivity contribution in [2.75, 3.05) is 51.5 Å². The van der Waals surface area contributed by atoms with Crippen molar-refractivity contribution in [3.8, 4) is 0 Å². The first-order valence-electron chi connectivity index (χ1n) is 11.6. The van der Waals surface area contributed by atoms with Crippen LogP contribution in [-0.2, 0) is 23.7 Å². The zero-order chi connectivity index (χ0) is 25.5. The summed E-state index contributed by atoms with van der Waals surface area (Å²) in [5, 5.41) is 6.12. The van der Waals surface area contributed by atoms with E-state index in [-0.39, 0.29) is 18.3 Å². The third kappa shape index (κ3) is 13.3. The zero-order valence-corrected chi connectivity index (χ0v) is 22.2. The van der Waals surface area contributed by atoms with Gasteiger partial charge in [-0.15, -0.1) is 0 Å². The molecule has 192 valence electrons. The molecule has 0 heterocycles. The third-order valence-electron chi connectivity index (χ3n) is 4.43. The normalized spacial score (nSPS) is 11.2. The van der Waals surface area contributed by atoms with Crippen LogP contribution in [0.1, 0.15) is 37.6 Å². The molecule has 2 N–H and O–H groups in total. The molecule has 0 aliphatic heterocycles. The molecule has 0 aromatic heterocycles. The van der Waals surface area contributed by atoms with Crippen molar-refractivity contribution in [1.29, 1.82) is 0 Å². The number of rotatable bonds is 15. The predicted molar refractivity (Wildman–Crippen MR) is 139 cm³/mol. The maximum Gasteiger partial charge on any atom is 0.308 e. The van der Waals surface area contributed by atoms with Gasteiger partial charge in [0, 0.05) is 28.0 Å². The van der Waals surface area contributed by atoms with Crippen LogP contribution >= 0.6 is 15.9 Å². The molecule has 8 nitrogen and oxygen atoms in total. The first kappa shape index (κ1) is 28.8. The average Bonchev–Trinajstić information content (AvgIpc) is 2.80. The summed E-state index contributed by atoms with van der Waals surface area (Å²) in [4.78, 5) is 23.8. The molecule has 2 aromatic carbocycles. The molecule has 0 saturated heterocycles. The number of amides is 1. The third-order valence-corrected chi connectivity index (χ3v) is 4.96. The van der Waals surface area contributed by atoms with Crippen LogP contribution in [0.15, 0.2) is 53.0 Å². The van der Waals surface area contributed by atoms with Crippen molar-refractivity contribution >= 4 is 39.2 Å². The Hall–Kier alpha value is -2.46. The van der Waals surface area contributed by atoms with E-state index in [1.807, 2.05) is 57.2 Å². The van der Waals surface area contributed by atoms with Crippen molar-refractivity contribution < 1.29 is 28.5 Å². The number of carbonyl (C=O) groups is 2. The molecule has 1 amide bonds. The van der Waals surface area contributed by atoms with E-state index < -0.39 is 5.60 Å². The smallest absolute Gasteiger partial charge is 0.308 e. The molecule has 0 radical (unpaired) electrons. The highest BCUT2D eigenvalue weighted by atomic mass is 79.9. The quantitative estimate of drug-likeness (QED) is 0.245. The van der Waals surface area contributed by atoms with Gasteiger partial charge in [-0.2, -0.15) is 0 Å². The van der Waals surface area contributed by atoms with Crippen LogP contribution in [-0.4, -0.2) is 63.7 Å². The summed E-state index contributed by atoms with van der Waals surface area (Å²) in [6.07, 6.45) is 0.221. The Morgan fingerprint density at radius 1 is 0.771 bits per heavy atom. The Labute approximate surface area is 215 Å². The molecule has 2 rings (SSSR count). The highest BCUT2D eigenvalue weighted by Crippen LogP contribution is 2.19. The van der Waals surface area contributed by atoms with Gasteiger partial charge in [-0.3, -0.25) is 9.59 Å². The van der Waals surface area contributed by atoms with Crippen LogP contribution in [0, 0.1) is 0 Å². The number of anilines is 2. The van der Waals surface area contributed by atoms with Gasteiger partial charge in [0.1, 0.15) is 5.60 Å². The average molecular weight is 551 g/mol. The molecule has 0 bridgehead atoms. The fraction of sp³-hybridized carbons (Fsp3) is 0.462. The van der Waals surface area contributed by atoms with Crippen molar-refractivity contribution in [1.82, 2.24) is 5.32 Å². The molecule has 0 fully saturated rings. The second kappa shape index (κ2) is 15.5. The first-order chi connectivity index (χ1) is 16.7. The van der Waals surface area contributed by atoms with Crippen LogP contribution in [0.4, 0.5) is 11.4 Å². The summed E-state index contributed by atoms with van der Waals surface area (Å²) >= 11 is 3.41. The number of carbonyl (C=O) groups excluding carboxylic acids is 2. The fourth-order valence-electron chi connectivity index (χ4n) is 2.83. The lowest BCUT2D eigenvalue weighted by Crippen LogP contribution is -2.27. The van der Waals surface area contributed by atoms with E-state index in [0.717, 1.165) is 15.8 Å². The molecular formula is C26H35BrN2O6. The Morgan fingerprint density at radius 3 is 1.86 bits per heavy atom. The topological polar surface area (TPSA) is 95.1 Å². The number of halogens is 1. The van der Waals surface area contributed by atoms with Crippen molar-refractivity contribution in [2.24, 2.45) is 0 Å². The van der Waals surface area contributed by atoms with E-state index in [4.69, 9.17) is 18.9 Å². The van der Waals surface area contributed by atoms with E-state index in [9.17, 15) is 9.59 Å². The van der Waals surface area contributed by atoms with Gasteiger partial charge >= 0.3 is 5.97 Å². The van der Waals surface area contributed by atoms with Crippen molar-refractivity contribution in [3.05, 3.63) is 58.6 Å². The lowest BCUT2D eigenvalue weighted by Gasteiger charge is -2.19. The van der Waals surface area contributed by atoms with Crippen LogP contribution in [0.5, 0.6) is 0 Å². The van der Waals surface area contributed by atoms with Gasteiger partial charge in [-0.05, 0) is 69.3 Å². The highest BCUT2D eigenvalue weighted by molar-refractivity contribution is 9.10. The van der Waals surface area contributed by atoms with Crippen molar-refractivity contribution in [2.45, 2.75) is 32.8 Å². The van der Waals surface area contributed by atoms with Crippen LogP contribution in [0.2, 0.25) is 0 Å². The van der Waals surface area contributed by atoms with E-state index in [1.165, 1.54) is 0 Å². The Balaban J connectivity index is 1.46. The van der Waals surface area contributed by atoms with Gasteiger partial charge in [0.2, 0.25) is 0 Å². The first-order valence-corrected chi connectivity index (χ1v) is 12.4. The van der Waals surface area contributed by atoms with E-state index in [0.29, 0.717) is 51.7 Å². The molecule has 0 aliphatic rings. The van der Waals surface area contributed by atoms with Gasteiger partial charge in [0.15, 0.2) is 0 Å². The molecular weight excluding hydrogens is 516 g/mol. The largest absolute Gasteiger partial charge is 0.460 e. The fourth-order valence-corrected chi connectivity index (χ4v) is 3.10. The number of ether oxygens (including phenoxy) is 4. The molecule has 2 aromatic rings. The van der Waals surface area contributed by atoms with Gasteiger partial charge < -0.3 is 29.6 Å². The summed E-state index contributed by atoms with van der Waals surface area (Å²) in [5.74, 6) is -0.423. The number of benzene rings is 2. The van der Waals surface area contributed by atoms with E-state index in [2.05, 4.69) is 26.6 Å². The summed E-state index contributed by atoms with van der Waals surface area (Å²) in [6.45, 7) is 8.27. The lowest BCUT2D eigenvalue weighted by molar-refractivity contribution is -0.156. The Bertz CT molecular complexity index is 898. The minimum absolute atomic E-state index is 0.149. The highest BCUT2D eigenvalue weighted by Gasteiger charge is 2.15. The standard InChI is InChI=1S/C26H35BrN2O6/c1-26(2,3)35-24(30)12-14-32-16-18-34-19-17-33-15-13-28-25(31)20-4-8-22(9-5-20)29-23-10-6-21(27)7-11-23/h4-11,29H,12-19H2,1-3H3,(H,28,31). The monoisotopic (exact) mass is 550 g/mol. The molecule has 0 unspecified atom stereocenters. The molecule has 0 atom stereocenters. The van der Waals surface area contributed by atoms with E-state index >= 15 is 0 Å². The van der Waals surface area contributed by atoms with Gasteiger partial charge in [0.25, 0.3) is 5.91 Å². The second-order valence-corrected chi connectivity index (χ2v) is 9.55. The van der Waals surface area contributed by atoms with Crippen molar-refractivity contribution in [3.63, 3.8) is 0 Å². The molecule has 0 spiro atoms. The predicted octanol–water partition coefficient (Wildman–Crippen LogP) is 4.70. The molecule has 0 saturated carbocycles. The van der Waals surface area contributed by atoms with Crippen LogP contribution in [0.25, 0.3) is 0 Å². The van der Waals surface area contributed by atoms with E-state index in [1.54, 1.807) is 12.1 Å². The summed E-state index contributed by atoms with van der Waals surface area (Å²) in [5.41, 5.74) is 1.98. The van der Waals surface area contributed by atoms with Gasteiger partial charge in [-0.25, -0.2) is 0 Å². The molecule has 9 heteroatoms. The maximum absolute atomic E-state index is 12.3. The Kier molecular flexibility index (Phi) is 12.8. The Morgan fingerprint density at radius 2 is 1.29 bits per heavy atom. The summed E-state index contributed by atoms with van der Waals surface area (Å²) in [6, 6.07) is 15.2. The zero-order valence-electron chi connectivity index (χ0n) is 20.6. The lowest BCUT2D eigenvalue weighted by atomic mass is 10.2. The summed E-state index contributed by atoms with van der Waals surface area (Å²) < 4.78 is 22.5. The van der Waals surface area contributed by atoms with Crippen LogP contribution < -0.4 is 10.6 Å². The SMILES string of the molecule is CC(C)(C)OC(=O)CCOCCOCCOCCNC(=O)c1ccc(Nc2ccc(Br)cc2)cc1. The second-order valence-electron chi connectivity index (χ2n) is 8.64. The molecule has 35 heavy (non-hydrogen) atoms. The number of nitrogens with one attached hydrogen (secondary N) is 2. The van der Waals surface area contributed by atoms with Gasteiger partial charge in [0.05, 0.1) is 46.1 Å². The maximum atomic E-state index is 12.3. The summed E-state index contributed by atoms with van der Waals surface area (Å²) in [7, 11) is 0. The van der Waals surface area contributed by atoms with Gasteiger partial charge in [-0.1, -0.05) is 15.9 Å². The molecule has 0 aliphatic carbocycles. The number of hydrogen-bond donors (Lipinski definition) is 2. The number of hydrogen-bond acceptors (Lipinski definition) is 7. The minimum atomic E-state index is -0.479. The minimum Gasteiger partial charge on any atom is -0.460 e.